The first-order valence-electron chi connectivity index (χ1n) is 10.3. The van der Waals surface area contributed by atoms with Gasteiger partial charge in [-0.05, 0) is 37.5 Å². The number of amides is 2. The zero-order valence-corrected chi connectivity index (χ0v) is 19.8. The van der Waals surface area contributed by atoms with Crippen LogP contribution in [0.15, 0.2) is 18.2 Å². The molecule has 2 fully saturated rings. The summed E-state index contributed by atoms with van der Waals surface area (Å²) in [6.45, 7) is 4.26. The molecule has 172 valence electrons. The summed E-state index contributed by atoms with van der Waals surface area (Å²) in [4.78, 5) is 28.1. The molecule has 1 atom stereocenters. The molecule has 0 N–H and O–H groups in total. The standard InChI is InChI=1S/C20H27Cl2N3O5S/c1-2-30-20(27)24-10-8-23(9-11-24)19(26)15-4-3-7-25(13-15)31(28,29)14-16-5-6-17(21)12-18(16)22/h5-6,12,15H,2-4,7-11,13-14H2,1H3/t15-/m0/s1. The van der Waals surface area contributed by atoms with E-state index in [9.17, 15) is 18.0 Å². The van der Waals surface area contributed by atoms with Crippen molar-refractivity contribution >= 4 is 45.2 Å². The maximum absolute atomic E-state index is 13.0. The smallest absolute Gasteiger partial charge is 0.409 e. The molecule has 3 rings (SSSR count). The molecular weight excluding hydrogens is 465 g/mol. The van der Waals surface area contributed by atoms with E-state index in [1.54, 1.807) is 28.9 Å². The van der Waals surface area contributed by atoms with E-state index >= 15 is 0 Å². The van der Waals surface area contributed by atoms with Crippen molar-refractivity contribution in [1.29, 1.82) is 0 Å². The second-order valence-electron chi connectivity index (χ2n) is 7.70. The number of piperidine rings is 1. The summed E-state index contributed by atoms with van der Waals surface area (Å²) in [5.74, 6) is -0.687. The number of hydrogen-bond acceptors (Lipinski definition) is 5. The van der Waals surface area contributed by atoms with Crippen LogP contribution in [0, 0.1) is 5.92 Å². The maximum Gasteiger partial charge on any atom is 0.409 e. The number of nitrogens with zero attached hydrogens (tertiary/aromatic N) is 3. The molecule has 0 aromatic heterocycles. The van der Waals surface area contributed by atoms with Gasteiger partial charge in [-0.25, -0.2) is 17.5 Å². The van der Waals surface area contributed by atoms with Crippen molar-refractivity contribution in [1.82, 2.24) is 14.1 Å². The van der Waals surface area contributed by atoms with E-state index in [1.807, 2.05) is 0 Å². The summed E-state index contributed by atoms with van der Waals surface area (Å²) >= 11 is 12.0. The molecule has 11 heteroatoms. The molecule has 2 amide bonds. The highest BCUT2D eigenvalue weighted by molar-refractivity contribution is 7.88. The minimum atomic E-state index is -3.63. The zero-order valence-electron chi connectivity index (χ0n) is 17.4. The average Bonchev–Trinajstić information content (AvgIpc) is 2.75. The van der Waals surface area contributed by atoms with E-state index in [-0.39, 0.29) is 24.3 Å². The second kappa shape index (κ2) is 10.4. The van der Waals surface area contributed by atoms with Gasteiger partial charge in [0.1, 0.15) is 0 Å². The molecule has 2 aliphatic heterocycles. The van der Waals surface area contributed by atoms with Gasteiger partial charge in [0.05, 0.1) is 18.3 Å². The fourth-order valence-electron chi connectivity index (χ4n) is 3.91. The molecule has 0 aliphatic carbocycles. The molecule has 1 aromatic carbocycles. The Kier molecular flexibility index (Phi) is 8.07. The van der Waals surface area contributed by atoms with Gasteiger partial charge in [-0.1, -0.05) is 29.3 Å². The highest BCUT2D eigenvalue weighted by Crippen LogP contribution is 2.27. The molecule has 31 heavy (non-hydrogen) atoms. The number of sulfonamides is 1. The molecule has 1 aromatic rings. The number of hydrogen-bond donors (Lipinski definition) is 0. The number of halogens is 2. The highest BCUT2D eigenvalue weighted by atomic mass is 35.5. The Balaban J connectivity index is 1.59. The second-order valence-corrected chi connectivity index (χ2v) is 10.5. The Morgan fingerprint density at radius 2 is 1.77 bits per heavy atom. The topological polar surface area (TPSA) is 87.2 Å². The van der Waals surface area contributed by atoms with Crippen LogP contribution in [-0.2, 0) is 25.3 Å². The first-order chi connectivity index (χ1) is 14.7. The Bertz CT molecular complexity index is 919. The van der Waals surface area contributed by atoms with Crippen molar-refractivity contribution in [2.45, 2.75) is 25.5 Å². The van der Waals surface area contributed by atoms with Crippen molar-refractivity contribution in [2.75, 3.05) is 45.9 Å². The van der Waals surface area contributed by atoms with Crippen LogP contribution in [0.2, 0.25) is 10.0 Å². The van der Waals surface area contributed by atoms with E-state index in [4.69, 9.17) is 27.9 Å². The van der Waals surface area contributed by atoms with Gasteiger partial charge in [-0.15, -0.1) is 0 Å². The number of carbonyl (C=O) groups is 2. The maximum atomic E-state index is 13.0. The van der Waals surface area contributed by atoms with E-state index in [1.165, 1.54) is 10.4 Å². The quantitative estimate of drug-likeness (QED) is 0.631. The van der Waals surface area contributed by atoms with Crippen LogP contribution >= 0.6 is 23.2 Å². The molecule has 0 radical (unpaired) electrons. The van der Waals surface area contributed by atoms with Gasteiger partial charge in [0, 0.05) is 49.3 Å². The van der Waals surface area contributed by atoms with Crippen molar-refractivity contribution in [3.63, 3.8) is 0 Å². The fraction of sp³-hybridized carbons (Fsp3) is 0.600. The molecule has 8 nitrogen and oxygen atoms in total. The number of benzene rings is 1. The summed E-state index contributed by atoms with van der Waals surface area (Å²) in [5, 5.41) is 0.748. The van der Waals surface area contributed by atoms with E-state index in [2.05, 4.69) is 0 Å². The fourth-order valence-corrected chi connectivity index (χ4v) is 6.10. The summed E-state index contributed by atoms with van der Waals surface area (Å²) in [5.41, 5.74) is 0.481. The SMILES string of the molecule is CCOC(=O)N1CCN(C(=O)[C@H]2CCCN(S(=O)(=O)Cc3ccc(Cl)cc3Cl)C2)CC1. The number of piperazine rings is 1. The minimum Gasteiger partial charge on any atom is -0.450 e. The third-order valence-corrected chi connectivity index (χ3v) is 7.98. The van der Waals surface area contributed by atoms with Crippen LogP contribution in [0.5, 0.6) is 0 Å². The van der Waals surface area contributed by atoms with Crippen molar-refractivity contribution in [2.24, 2.45) is 5.92 Å². The Morgan fingerprint density at radius 1 is 1.10 bits per heavy atom. The summed E-state index contributed by atoms with van der Waals surface area (Å²) < 4.78 is 32.3. The van der Waals surface area contributed by atoms with Gasteiger partial charge in [0.25, 0.3) is 0 Å². The first-order valence-corrected chi connectivity index (χ1v) is 12.7. The number of rotatable bonds is 5. The Morgan fingerprint density at radius 3 is 2.42 bits per heavy atom. The lowest BCUT2D eigenvalue weighted by molar-refractivity contribution is -0.138. The van der Waals surface area contributed by atoms with Crippen LogP contribution in [0.25, 0.3) is 0 Å². The van der Waals surface area contributed by atoms with Gasteiger partial charge in [-0.2, -0.15) is 0 Å². The molecule has 2 aliphatic rings. The van der Waals surface area contributed by atoms with Crippen LogP contribution in [-0.4, -0.2) is 80.4 Å². The van der Waals surface area contributed by atoms with Crippen LogP contribution in [0.3, 0.4) is 0 Å². The lowest BCUT2D eigenvalue weighted by Crippen LogP contribution is -2.54. The van der Waals surface area contributed by atoms with Gasteiger partial charge in [0.2, 0.25) is 15.9 Å². The molecule has 2 heterocycles. The first kappa shape index (κ1) is 24.1. The highest BCUT2D eigenvalue weighted by Gasteiger charge is 2.36. The van der Waals surface area contributed by atoms with Gasteiger partial charge >= 0.3 is 6.09 Å². The molecule has 0 unspecified atom stereocenters. The molecule has 0 spiro atoms. The van der Waals surface area contributed by atoms with Crippen LogP contribution in [0.4, 0.5) is 4.79 Å². The van der Waals surface area contributed by atoms with Gasteiger partial charge < -0.3 is 14.5 Å². The van der Waals surface area contributed by atoms with Gasteiger partial charge in [-0.3, -0.25) is 4.79 Å². The normalized spacial score (nSPS) is 20.5. The third kappa shape index (κ3) is 6.03. The van der Waals surface area contributed by atoms with Crippen molar-refractivity contribution in [3.8, 4) is 0 Å². The largest absolute Gasteiger partial charge is 0.450 e. The van der Waals surface area contributed by atoms with Crippen LogP contribution in [0.1, 0.15) is 25.3 Å². The van der Waals surface area contributed by atoms with Crippen molar-refractivity contribution < 1.29 is 22.7 Å². The van der Waals surface area contributed by atoms with E-state index < -0.39 is 15.9 Å². The predicted octanol–water partition coefficient (Wildman–Crippen LogP) is 2.84. The predicted molar refractivity (Wildman–Crippen MR) is 119 cm³/mol. The number of ether oxygens (including phenoxy) is 1. The monoisotopic (exact) mass is 491 g/mol. The van der Waals surface area contributed by atoms with E-state index in [0.29, 0.717) is 67.8 Å². The minimum absolute atomic E-state index is 0.0621. The number of carbonyl (C=O) groups excluding carboxylic acids is 2. The lowest BCUT2D eigenvalue weighted by Gasteiger charge is -2.38. The van der Waals surface area contributed by atoms with Crippen LogP contribution < -0.4 is 0 Å². The van der Waals surface area contributed by atoms with Crippen molar-refractivity contribution in [3.05, 3.63) is 33.8 Å². The summed E-state index contributed by atoms with van der Waals surface area (Å²) in [6.07, 6.45) is 0.891. The molecule has 0 saturated carbocycles. The Labute approximate surface area is 193 Å². The molecule has 0 bridgehead atoms. The third-order valence-electron chi connectivity index (χ3n) is 5.60. The van der Waals surface area contributed by atoms with Gasteiger partial charge in [0.15, 0.2) is 0 Å². The zero-order chi connectivity index (χ0) is 22.6. The molecule has 2 saturated heterocycles. The van der Waals surface area contributed by atoms with E-state index in [0.717, 1.165) is 0 Å². The summed E-state index contributed by atoms with van der Waals surface area (Å²) in [7, 11) is -3.63. The molecular formula is C20H27Cl2N3O5S. The Hall–Kier alpha value is -1.55. The lowest BCUT2D eigenvalue weighted by atomic mass is 9.98. The average molecular weight is 492 g/mol. The summed E-state index contributed by atoms with van der Waals surface area (Å²) in [6, 6.07) is 4.74.